The standard InChI is InChI=1S/C21H19N3O5/c1-27-17-6-11(7-18(28-2)20(17)29-3)19-21(26)23-10-16(24-19)14-9-22-15-5-4-12(25)8-13(14)15/h4-10,22,25H,1-3H3,(H,23,26). The first-order valence-corrected chi connectivity index (χ1v) is 8.76. The number of nitrogens with zero attached hydrogens (tertiary/aromatic N) is 1. The molecule has 0 atom stereocenters. The van der Waals surface area contributed by atoms with Crippen molar-refractivity contribution < 1.29 is 19.3 Å². The Balaban J connectivity index is 1.90. The number of nitrogens with one attached hydrogen (secondary N) is 2. The summed E-state index contributed by atoms with van der Waals surface area (Å²) in [6.45, 7) is 0. The van der Waals surface area contributed by atoms with E-state index < -0.39 is 0 Å². The molecule has 0 amide bonds. The van der Waals surface area contributed by atoms with E-state index in [0.29, 0.717) is 28.5 Å². The first kappa shape index (κ1) is 18.4. The van der Waals surface area contributed by atoms with Crippen molar-refractivity contribution in [3.05, 3.63) is 53.1 Å². The minimum atomic E-state index is -0.356. The van der Waals surface area contributed by atoms with E-state index in [4.69, 9.17) is 14.2 Å². The second-order valence-electron chi connectivity index (χ2n) is 6.31. The summed E-state index contributed by atoms with van der Waals surface area (Å²) < 4.78 is 16.1. The topological polar surface area (TPSA) is 109 Å². The Bertz CT molecular complexity index is 1230. The predicted molar refractivity (Wildman–Crippen MR) is 109 cm³/mol. The van der Waals surface area contributed by atoms with Gasteiger partial charge in [-0.25, -0.2) is 4.98 Å². The van der Waals surface area contributed by atoms with Crippen molar-refractivity contribution in [2.45, 2.75) is 0 Å². The van der Waals surface area contributed by atoms with E-state index in [2.05, 4.69) is 15.0 Å². The maximum Gasteiger partial charge on any atom is 0.274 e. The molecule has 2 aromatic carbocycles. The fourth-order valence-electron chi connectivity index (χ4n) is 3.28. The van der Waals surface area contributed by atoms with Gasteiger partial charge in [-0.3, -0.25) is 4.79 Å². The molecule has 2 aromatic heterocycles. The molecule has 8 nitrogen and oxygen atoms in total. The lowest BCUT2D eigenvalue weighted by atomic mass is 10.1. The second kappa shape index (κ2) is 7.23. The molecule has 0 fully saturated rings. The highest BCUT2D eigenvalue weighted by atomic mass is 16.5. The number of phenolic OH excluding ortho intramolecular Hbond substituents is 1. The molecule has 0 bridgehead atoms. The van der Waals surface area contributed by atoms with E-state index in [9.17, 15) is 9.90 Å². The predicted octanol–water partition coefficient (Wildman–Crippen LogP) is 3.32. The molecule has 0 aliphatic heterocycles. The molecular weight excluding hydrogens is 374 g/mol. The number of methoxy groups -OCH3 is 3. The summed E-state index contributed by atoms with van der Waals surface area (Å²) in [5.74, 6) is 1.42. The zero-order valence-electron chi connectivity index (χ0n) is 16.1. The van der Waals surface area contributed by atoms with E-state index in [1.807, 2.05) is 0 Å². The van der Waals surface area contributed by atoms with Crippen LogP contribution in [-0.4, -0.2) is 41.4 Å². The highest BCUT2D eigenvalue weighted by molar-refractivity contribution is 5.95. The summed E-state index contributed by atoms with van der Waals surface area (Å²) in [5.41, 5.74) is 2.51. The number of H-pyrrole nitrogens is 2. The highest BCUT2D eigenvalue weighted by Gasteiger charge is 2.18. The third-order valence-electron chi connectivity index (χ3n) is 4.67. The number of aromatic nitrogens is 3. The Morgan fingerprint density at radius 1 is 0.931 bits per heavy atom. The van der Waals surface area contributed by atoms with E-state index in [1.54, 1.807) is 36.5 Å². The van der Waals surface area contributed by atoms with Crippen LogP contribution in [0.5, 0.6) is 23.0 Å². The average Bonchev–Trinajstić information content (AvgIpc) is 3.16. The maximum atomic E-state index is 12.5. The Hall–Kier alpha value is -3.94. The molecule has 4 aromatic rings. The monoisotopic (exact) mass is 393 g/mol. The summed E-state index contributed by atoms with van der Waals surface area (Å²) in [6.07, 6.45) is 3.32. The van der Waals surface area contributed by atoms with Gasteiger partial charge in [0.2, 0.25) is 5.75 Å². The van der Waals surface area contributed by atoms with E-state index in [1.165, 1.54) is 27.5 Å². The van der Waals surface area contributed by atoms with Crippen LogP contribution in [0.25, 0.3) is 33.4 Å². The van der Waals surface area contributed by atoms with E-state index >= 15 is 0 Å². The van der Waals surface area contributed by atoms with Gasteiger partial charge in [0.05, 0.1) is 27.0 Å². The van der Waals surface area contributed by atoms with Crippen LogP contribution in [0.15, 0.2) is 47.5 Å². The van der Waals surface area contributed by atoms with E-state index in [-0.39, 0.29) is 17.0 Å². The molecule has 29 heavy (non-hydrogen) atoms. The lowest BCUT2D eigenvalue weighted by Gasteiger charge is -2.14. The van der Waals surface area contributed by atoms with Crippen LogP contribution in [-0.2, 0) is 0 Å². The van der Waals surface area contributed by atoms with Gasteiger partial charge in [0.1, 0.15) is 11.4 Å². The number of rotatable bonds is 5. The van der Waals surface area contributed by atoms with Gasteiger partial charge in [-0.2, -0.15) is 0 Å². The van der Waals surface area contributed by atoms with Gasteiger partial charge in [-0.15, -0.1) is 0 Å². The molecule has 0 aliphatic rings. The number of hydrogen-bond donors (Lipinski definition) is 3. The van der Waals surface area contributed by atoms with Gasteiger partial charge >= 0.3 is 0 Å². The minimum absolute atomic E-state index is 0.146. The zero-order chi connectivity index (χ0) is 20.5. The van der Waals surface area contributed by atoms with Crippen LogP contribution in [0.4, 0.5) is 0 Å². The maximum absolute atomic E-state index is 12.5. The molecule has 8 heteroatoms. The quantitative estimate of drug-likeness (QED) is 0.480. The fraction of sp³-hybridized carbons (Fsp3) is 0.143. The molecule has 0 radical (unpaired) electrons. The summed E-state index contributed by atoms with van der Waals surface area (Å²) >= 11 is 0. The van der Waals surface area contributed by atoms with Gasteiger partial charge < -0.3 is 29.3 Å². The third kappa shape index (κ3) is 3.14. The molecule has 0 unspecified atom stereocenters. The zero-order valence-corrected chi connectivity index (χ0v) is 16.1. The van der Waals surface area contributed by atoms with Gasteiger partial charge in [-0.1, -0.05) is 0 Å². The second-order valence-corrected chi connectivity index (χ2v) is 6.31. The van der Waals surface area contributed by atoms with Crippen molar-refractivity contribution in [3.8, 4) is 45.5 Å². The smallest absolute Gasteiger partial charge is 0.274 e. The SMILES string of the molecule is COc1cc(-c2nc(-c3c[nH]c4ccc(O)cc34)c[nH]c2=O)cc(OC)c1OC. The summed E-state index contributed by atoms with van der Waals surface area (Å²) in [6, 6.07) is 8.37. The van der Waals surface area contributed by atoms with Crippen LogP contribution in [0.2, 0.25) is 0 Å². The molecule has 4 rings (SSSR count). The normalized spacial score (nSPS) is 10.9. The number of aromatic amines is 2. The number of hydrogen-bond acceptors (Lipinski definition) is 6. The molecule has 0 saturated carbocycles. The van der Waals surface area contributed by atoms with Crippen LogP contribution in [0.3, 0.4) is 0 Å². The first-order valence-electron chi connectivity index (χ1n) is 8.76. The molecule has 3 N–H and O–H groups in total. The molecular formula is C21H19N3O5. The highest BCUT2D eigenvalue weighted by Crippen LogP contribution is 2.40. The van der Waals surface area contributed by atoms with Gasteiger partial charge in [0, 0.05) is 34.4 Å². The largest absolute Gasteiger partial charge is 0.508 e. The summed E-state index contributed by atoms with van der Waals surface area (Å²) in [5, 5.41) is 10.6. The van der Waals surface area contributed by atoms with Crippen molar-refractivity contribution in [3.63, 3.8) is 0 Å². The average molecular weight is 393 g/mol. The van der Waals surface area contributed by atoms with Crippen LogP contribution < -0.4 is 19.8 Å². The van der Waals surface area contributed by atoms with E-state index in [0.717, 1.165) is 16.5 Å². The van der Waals surface area contributed by atoms with Crippen molar-refractivity contribution in [2.24, 2.45) is 0 Å². The third-order valence-corrected chi connectivity index (χ3v) is 4.67. The lowest BCUT2D eigenvalue weighted by molar-refractivity contribution is 0.324. The fourth-order valence-corrected chi connectivity index (χ4v) is 3.28. The van der Waals surface area contributed by atoms with Crippen molar-refractivity contribution in [2.75, 3.05) is 21.3 Å². The molecule has 0 saturated heterocycles. The Labute approximate surface area is 165 Å². The van der Waals surface area contributed by atoms with Crippen LogP contribution >= 0.6 is 0 Å². The van der Waals surface area contributed by atoms with Crippen molar-refractivity contribution in [1.82, 2.24) is 15.0 Å². The summed E-state index contributed by atoms with van der Waals surface area (Å²) in [4.78, 5) is 23.0. The molecule has 0 spiro atoms. The Morgan fingerprint density at radius 3 is 2.31 bits per heavy atom. The number of ether oxygens (including phenoxy) is 3. The van der Waals surface area contributed by atoms with Gasteiger partial charge in [0.15, 0.2) is 11.5 Å². The molecule has 2 heterocycles. The van der Waals surface area contributed by atoms with Crippen LogP contribution in [0, 0.1) is 0 Å². The van der Waals surface area contributed by atoms with Crippen molar-refractivity contribution >= 4 is 10.9 Å². The minimum Gasteiger partial charge on any atom is -0.508 e. The van der Waals surface area contributed by atoms with Crippen molar-refractivity contribution in [1.29, 1.82) is 0 Å². The van der Waals surface area contributed by atoms with Crippen LogP contribution in [0.1, 0.15) is 0 Å². The number of fused-ring (bicyclic) bond motifs is 1. The number of benzene rings is 2. The van der Waals surface area contributed by atoms with Gasteiger partial charge in [0.25, 0.3) is 5.56 Å². The Kier molecular flexibility index (Phi) is 4.59. The lowest BCUT2D eigenvalue weighted by Crippen LogP contribution is -2.11. The molecule has 0 aliphatic carbocycles. The number of phenols is 1. The summed E-state index contributed by atoms with van der Waals surface area (Å²) in [7, 11) is 4.53. The molecule has 148 valence electrons. The van der Waals surface area contributed by atoms with Gasteiger partial charge in [-0.05, 0) is 30.3 Å². The first-order chi connectivity index (χ1) is 14.0. The Morgan fingerprint density at radius 2 is 1.66 bits per heavy atom. The number of aromatic hydroxyl groups is 1.